The molecule has 0 bridgehead atoms. The SMILES string of the molecule is COc1ccc(/C(Cc2cc(OC)c(OC)c(OC)c2)=N\O)cc1F. The summed E-state index contributed by atoms with van der Waals surface area (Å²) in [5.74, 6) is 1.01. The van der Waals surface area contributed by atoms with Gasteiger partial charge in [0.25, 0.3) is 0 Å². The van der Waals surface area contributed by atoms with E-state index in [0.717, 1.165) is 5.56 Å². The van der Waals surface area contributed by atoms with Gasteiger partial charge in [-0.05, 0) is 35.9 Å². The standard InChI is InChI=1S/C18H20FNO5/c1-22-15-6-5-12(10-13(15)19)14(20-21)7-11-8-16(23-2)18(25-4)17(9-11)24-3/h5-6,8-10,21H,7H2,1-4H3/b20-14-. The fourth-order valence-corrected chi connectivity index (χ4v) is 2.47. The van der Waals surface area contributed by atoms with Crippen LogP contribution in [0, 0.1) is 5.82 Å². The minimum Gasteiger partial charge on any atom is -0.494 e. The maximum absolute atomic E-state index is 13.9. The Hall–Kier alpha value is -2.96. The average Bonchev–Trinajstić information content (AvgIpc) is 2.64. The second kappa shape index (κ2) is 8.23. The first kappa shape index (κ1) is 18.4. The predicted molar refractivity (Wildman–Crippen MR) is 91.1 cm³/mol. The molecule has 0 spiro atoms. The van der Waals surface area contributed by atoms with E-state index < -0.39 is 5.82 Å². The van der Waals surface area contributed by atoms with E-state index in [2.05, 4.69) is 5.16 Å². The molecule has 0 aliphatic carbocycles. The van der Waals surface area contributed by atoms with Crippen molar-refractivity contribution in [1.29, 1.82) is 0 Å². The summed E-state index contributed by atoms with van der Waals surface area (Å²) < 4.78 is 34.7. The molecule has 7 heteroatoms. The topological polar surface area (TPSA) is 69.5 Å². The molecule has 0 aromatic heterocycles. The Morgan fingerprint density at radius 1 is 0.920 bits per heavy atom. The monoisotopic (exact) mass is 349 g/mol. The lowest BCUT2D eigenvalue weighted by atomic mass is 10.0. The van der Waals surface area contributed by atoms with E-state index in [4.69, 9.17) is 18.9 Å². The van der Waals surface area contributed by atoms with Gasteiger partial charge in [0.15, 0.2) is 23.1 Å². The highest BCUT2D eigenvalue weighted by molar-refractivity contribution is 6.01. The zero-order valence-corrected chi connectivity index (χ0v) is 14.5. The molecule has 2 aromatic rings. The van der Waals surface area contributed by atoms with Crippen LogP contribution in [0.25, 0.3) is 0 Å². The number of hydrogen-bond acceptors (Lipinski definition) is 6. The second-order valence-corrected chi connectivity index (χ2v) is 5.11. The summed E-state index contributed by atoms with van der Waals surface area (Å²) in [5, 5.41) is 12.7. The molecule has 0 heterocycles. The summed E-state index contributed by atoms with van der Waals surface area (Å²) in [5.41, 5.74) is 1.48. The van der Waals surface area contributed by atoms with Gasteiger partial charge in [0.2, 0.25) is 5.75 Å². The maximum atomic E-state index is 13.9. The van der Waals surface area contributed by atoms with Crippen molar-refractivity contribution < 1.29 is 28.5 Å². The van der Waals surface area contributed by atoms with E-state index in [1.165, 1.54) is 40.6 Å². The van der Waals surface area contributed by atoms with E-state index in [9.17, 15) is 9.60 Å². The van der Waals surface area contributed by atoms with Gasteiger partial charge in [0.05, 0.1) is 34.2 Å². The van der Waals surface area contributed by atoms with E-state index in [1.807, 2.05) is 0 Å². The van der Waals surface area contributed by atoms with Crippen LogP contribution in [0.15, 0.2) is 35.5 Å². The Morgan fingerprint density at radius 3 is 1.96 bits per heavy atom. The Bertz CT molecular complexity index is 751. The summed E-state index contributed by atoms with van der Waals surface area (Å²) in [6.07, 6.45) is 0.235. The van der Waals surface area contributed by atoms with Crippen LogP contribution in [0.3, 0.4) is 0 Å². The van der Waals surface area contributed by atoms with E-state index in [1.54, 1.807) is 18.2 Å². The third-order valence-electron chi connectivity index (χ3n) is 3.70. The molecule has 0 saturated carbocycles. The molecule has 1 N–H and O–H groups in total. The van der Waals surface area contributed by atoms with Crippen molar-refractivity contribution in [1.82, 2.24) is 0 Å². The van der Waals surface area contributed by atoms with Crippen molar-refractivity contribution >= 4 is 5.71 Å². The molecule has 0 fully saturated rings. The molecular weight excluding hydrogens is 329 g/mol. The number of nitrogens with zero attached hydrogens (tertiary/aromatic N) is 1. The number of hydrogen-bond donors (Lipinski definition) is 1. The highest BCUT2D eigenvalue weighted by Crippen LogP contribution is 2.38. The molecule has 6 nitrogen and oxygen atoms in total. The minimum absolute atomic E-state index is 0.119. The highest BCUT2D eigenvalue weighted by Gasteiger charge is 2.16. The lowest BCUT2D eigenvalue weighted by molar-refractivity contribution is 0.318. The third kappa shape index (κ3) is 3.93. The first-order valence-electron chi connectivity index (χ1n) is 7.41. The van der Waals surface area contributed by atoms with Crippen LogP contribution in [0.1, 0.15) is 11.1 Å². The molecule has 0 aliphatic heterocycles. The van der Waals surface area contributed by atoms with Gasteiger partial charge in [-0.2, -0.15) is 0 Å². The van der Waals surface area contributed by atoms with Gasteiger partial charge < -0.3 is 24.2 Å². The van der Waals surface area contributed by atoms with Crippen molar-refractivity contribution in [3.63, 3.8) is 0 Å². The zero-order valence-electron chi connectivity index (χ0n) is 14.5. The summed E-state index contributed by atoms with van der Waals surface area (Å²) in [6.45, 7) is 0. The van der Waals surface area contributed by atoms with Crippen LogP contribution in [0.4, 0.5) is 4.39 Å². The third-order valence-corrected chi connectivity index (χ3v) is 3.70. The van der Waals surface area contributed by atoms with Crippen molar-refractivity contribution in [3.05, 3.63) is 47.3 Å². The fourth-order valence-electron chi connectivity index (χ4n) is 2.47. The van der Waals surface area contributed by atoms with Gasteiger partial charge in [0.1, 0.15) is 0 Å². The number of methoxy groups -OCH3 is 4. The lowest BCUT2D eigenvalue weighted by Crippen LogP contribution is -2.07. The van der Waals surface area contributed by atoms with Crippen LogP contribution >= 0.6 is 0 Å². The first-order chi connectivity index (χ1) is 12.1. The molecule has 0 saturated heterocycles. The molecule has 0 atom stereocenters. The van der Waals surface area contributed by atoms with Crippen molar-refractivity contribution in [2.45, 2.75) is 6.42 Å². The van der Waals surface area contributed by atoms with Crippen LogP contribution in [0.5, 0.6) is 23.0 Å². The van der Waals surface area contributed by atoms with E-state index >= 15 is 0 Å². The molecule has 2 rings (SSSR count). The molecule has 0 unspecified atom stereocenters. The van der Waals surface area contributed by atoms with Crippen LogP contribution in [-0.2, 0) is 6.42 Å². The fraction of sp³-hybridized carbons (Fsp3) is 0.278. The Morgan fingerprint density at radius 2 is 1.52 bits per heavy atom. The van der Waals surface area contributed by atoms with Crippen molar-refractivity contribution in [2.75, 3.05) is 28.4 Å². The lowest BCUT2D eigenvalue weighted by Gasteiger charge is -2.14. The maximum Gasteiger partial charge on any atom is 0.203 e. The summed E-state index contributed by atoms with van der Waals surface area (Å²) in [7, 11) is 5.93. The minimum atomic E-state index is -0.536. The number of rotatable bonds is 7. The Labute approximate surface area is 145 Å². The quantitative estimate of drug-likeness (QED) is 0.472. The molecule has 0 aliphatic rings. The molecule has 0 amide bonds. The predicted octanol–water partition coefficient (Wildman–Crippen LogP) is 3.28. The van der Waals surface area contributed by atoms with Gasteiger partial charge >= 0.3 is 0 Å². The number of ether oxygens (including phenoxy) is 4. The molecule has 2 aromatic carbocycles. The average molecular weight is 349 g/mol. The van der Waals surface area contributed by atoms with Crippen LogP contribution < -0.4 is 18.9 Å². The number of halogens is 1. The van der Waals surface area contributed by atoms with Gasteiger partial charge in [-0.25, -0.2) is 4.39 Å². The Balaban J connectivity index is 2.38. The van der Waals surface area contributed by atoms with Gasteiger partial charge in [-0.3, -0.25) is 0 Å². The van der Waals surface area contributed by atoms with Gasteiger partial charge in [-0.15, -0.1) is 0 Å². The number of benzene rings is 2. The molecular formula is C18H20FNO5. The Kier molecular flexibility index (Phi) is 6.05. The molecule has 0 radical (unpaired) electrons. The molecule has 134 valence electrons. The summed E-state index contributed by atoms with van der Waals surface area (Å²) in [4.78, 5) is 0. The van der Waals surface area contributed by atoms with E-state index in [-0.39, 0.29) is 17.9 Å². The van der Waals surface area contributed by atoms with Crippen LogP contribution in [-0.4, -0.2) is 39.4 Å². The number of oxime groups is 1. The summed E-state index contributed by atoms with van der Waals surface area (Å²) >= 11 is 0. The van der Waals surface area contributed by atoms with Gasteiger partial charge in [-0.1, -0.05) is 5.16 Å². The van der Waals surface area contributed by atoms with Crippen molar-refractivity contribution in [3.8, 4) is 23.0 Å². The zero-order chi connectivity index (χ0) is 18.4. The smallest absolute Gasteiger partial charge is 0.203 e. The summed E-state index contributed by atoms with van der Waals surface area (Å²) in [6, 6.07) is 7.84. The van der Waals surface area contributed by atoms with Crippen LogP contribution in [0.2, 0.25) is 0 Å². The molecule has 25 heavy (non-hydrogen) atoms. The second-order valence-electron chi connectivity index (χ2n) is 5.11. The van der Waals surface area contributed by atoms with E-state index in [0.29, 0.717) is 22.8 Å². The normalized spacial score (nSPS) is 11.2. The van der Waals surface area contributed by atoms with Gasteiger partial charge in [0, 0.05) is 12.0 Å². The highest BCUT2D eigenvalue weighted by atomic mass is 19.1. The largest absolute Gasteiger partial charge is 0.494 e. The first-order valence-corrected chi connectivity index (χ1v) is 7.41. The van der Waals surface area contributed by atoms with Crippen molar-refractivity contribution in [2.24, 2.45) is 5.16 Å².